The minimum Gasteiger partial charge on any atom is -0.301 e. The maximum absolute atomic E-state index is 12.8. The van der Waals surface area contributed by atoms with E-state index in [0.717, 1.165) is 53.6 Å². The lowest BCUT2D eigenvalue weighted by molar-refractivity contribution is -0.137. The number of nitrogens with zero attached hydrogens (tertiary/aromatic N) is 2. The Bertz CT molecular complexity index is 993. The molecule has 3 aromatic rings. The summed E-state index contributed by atoms with van der Waals surface area (Å²) in [6, 6.07) is 5.11. The topological polar surface area (TPSA) is 45.2 Å². The minimum atomic E-state index is -4.40. The fourth-order valence-corrected chi connectivity index (χ4v) is 4.94. The van der Waals surface area contributed by atoms with Gasteiger partial charge in [-0.15, -0.1) is 22.7 Å². The van der Waals surface area contributed by atoms with Gasteiger partial charge < -0.3 is 4.90 Å². The average Bonchev–Trinajstić information content (AvgIpc) is 3.15. The smallest absolute Gasteiger partial charge is 0.301 e. The van der Waals surface area contributed by atoms with Crippen LogP contribution in [0.5, 0.6) is 0 Å². The summed E-state index contributed by atoms with van der Waals surface area (Å²) in [5.74, 6) is -0.348. The first-order valence-electron chi connectivity index (χ1n) is 7.89. The molecule has 2 aromatic heterocycles. The van der Waals surface area contributed by atoms with Crippen LogP contribution < -0.4 is 5.32 Å². The van der Waals surface area contributed by atoms with Crippen molar-refractivity contribution in [2.45, 2.75) is 19.1 Å². The fourth-order valence-electron chi connectivity index (χ4n) is 2.85. The number of benzene rings is 1. The standard InChI is InChI=1S/C17H14F3N3OS2/c1-23-5-4-11-14(8-23)26-16(21-11)22-15(24)13-6-9-2-3-10(17(18,19)20)7-12(9)25-13/h2-3,6-7H,4-5,8H2,1H3,(H,21,22,24). The minimum absolute atomic E-state index is 0.348. The first-order chi connectivity index (χ1) is 12.3. The molecule has 1 aromatic carbocycles. The van der Waals surface area contributed by atoms with Crippen LogP contribution in [0.3, 0.4) is 0 Å². The molecule has 0 atom stereocenters. The van der Waals surface area contributed by atoms with Crippen LogP contribution >= 0.6 is 22.7 Å². The first-order valence-corrected chi connectivity index (χ1v) is 9.52. The summed E-state index contributed by atoms with van der Waals surface area (Å²) in [7, 11) is 2.04. The van der Waals surface area contributed by atoms with Gasteiger partial charge in [-0.2, -0.15) is 13.2 Å². The van der Waals surface area contributed by atoms with Crippen LogP contribution in [0.15, 0.2) is 24.3 Å². The number of thiophene rings is 1. The predicted molar refractivity (Wildman–Crippen MR) is 96.9 cm³/mol. The lowest BCUT2D eigenvalue weighted by Gasteiger charge is -2.20. The van der Waals surface area contributed by atoms with E-state index in [1.165, 1.54) is 17.4 Å². The van der Waals surface area contributed by atoms with Crippen molar-refractivity contribution in [3.05, 3.63) is 45.3 Å². The molecule has 0 radical (unpaired) electrons. The van der Waals surface area contributed by atoms with E-state index in [2.05, 4.69) is 15.2 Å². The second kappa shape index (κ2) is 6.33. The van der Waals surface area contributed by atoms with Crippen molar-refractivity contribution in [1.29, 1.82) is 0 Å². The molecule has 0 unspecified atom stereocenters. The number of rotatable bonds is 2. The number of nitrogens with one attached hydrogen (secondary N) is 1. The molecule has 1 N–H and O–H groups in total. The van der Waals surface area contributed by atoms with Crippen molar-refractivity contribution in [3.8, 4) is 0 Å². The third-order valence-electron chi connectivity index (χ3n) is 4.21. The molecule has 0 fully saturated rings. The van der Waals surface area contributed by atoms with Crippen LogP contribution in [-0.2, 0) is 19.1 Å². The first kappa shape index (κ1) is 17.4. The van der Waals surface area contributed by atoms with Crippen molar-refractivity contribution < 1.29 is 18.0 Å². The lowest BCUT2D eigenvalue weighted by Crippen LogP contribution is -2.25. The Kier molecular flexibility index (Phi) is 4.25. The van der Waals surface area contributed by atoms with Gasteiger partial charge in [0, 0.05) is 29.1 Å². The van der Waals surface area contributed by atoms with Gasteiger partial charge in [-0.3, -0.25) is 10.1 Å². The Morgan fingerprint density at radius 2 is 2.08 bits per heavy atom. The largest absolute Gasteiger partial charge is 0.416 e. The summed E-state index contributed by atoms with van der Waals surface area (Å²) >= 11 is 2.49. The number of aromatic nitrogens is 1. The van der Waals surface area contributed by atoms with Crippen molar-refractivity contribution in [2.75, 3.05) is 18.9 Å². The van der Waals surface area contributed by atoms with Crippen molar-refractivity contribution >= 4 is 43.8 Å². The van der Waals surface area contributed by atoms with Crippen LogP contribution in [0.2, 0.25) is 0 Å². The fraction of sp³-hybridized carbons (Fsp3) is 0.294. The van der Waals surface area contributed by atoms with Gasteiger partial charge >= 0.3 is 6.18 Å². The number of hydrogen-bond donors (Lipinski definition) is 1. The molecule has 0 bridgehead atoms. The van der Waals surface area contributed by atoms with Crippen LogP contribution in [0.25, 0.3) is 10.1 Å². The zero-order valence-electron chi connectivity index (χ0n) is 13.7. The number of alkyl halides is 3. The third kappa shape index (κ3) is 3.34. The summed E-state index contributed by atoms with van der Waals surface area (Å²) in [4.78, 5) is 20.6. The van der Waals surface area contributed by atoms with Gasteiger partial charge in [0.05, 0.1) is 16.1 Å². The molecular formula is C17H14F3N3OS2. The van der Waals surface area contributed by atoms with E-state index in [0.29, 0.717) is 20.1 Å². The molecule has 4 rings (SSSR count). The SMILES string of the molecule is CN1CCc2nc(NC(=O)c3cc4ccc(C(F)(F)F)cc4s3)sc2C1. The predicted octanol–water partition coefficient (Wildman–Crippen LogP) is 4.62. The highest BCUT2D eigenvalue weighted by molar-refractivity contribution is 7.21. The van der Waals surface area contributed by atoms with E-state index >= 15 is 0 Å². The quantitative estimate of drug-likeness (QED) is 0.687. The molecular weight excluding hydrogens is 383 g/mol. The van der Waals surface area contributed by atoms with Crippen LogP contribution in [-0.4, -0.2) is 29.4 Å². The maximum Gasteiger partial charge on any atom is 0.416 e. The molecule has 26 heavy (non-hydrogen) atoms. The Morgan fingerprint density at radius 1 is 1.27 bits per heavy atom. The number of halogens is 3. The van der Waals surface area contributed by atoms with Crippen molar-refractivity contribution in [3.63, 3.8) is 0 Å². The number of carbonyl (C=O) groups excluding carboxylic acids is 1. The van der Waals surface area contributed by atoms with Crippen molar-refractivity contribution in [1.82, 2.24) is 9.88 Å². The zero-order valence-corrected chi connectivity index (χ0v) is 15.3. The van der Waals surface area contributed by atoms with E-state index in [1.54, 1.807) is 6.07 Å². The molecule has 3 heterocycles. The van der Waals surface area contributed by atoms with Crippen LogP contribution in [0.1, 0.15) is 25.8 Å². The molecule has 0 saturated carbocycles. The summed E-state index contributed by atoms with van der Waals surface area (Å²) in [5.41, 5.74) is 0.296. The highest BCUT2D eigenvalue weighted by Crippen LogP contribution is 2.35. The van der Waals surface area contributed by atoms with Gasteiger partial charge in [-0.25, -0.2) is 4.98 Å². The number of likely N-dealkylation sites (N-methyl/N-ethyl adjacent to an activating group) is 1. The Hall–Kier alpha value is -1.97. The number of carbonyl (C=O) groups is 1. The zero-order chi connectivity index (χ0) is 18.5. The number of hydrogen-bond acceptors (Lipinski definition) is 5. The molecule has 4 nitrogen and oxygen atoms in total. The van der Waals surface area contributed by atoms with Gasteiger partial charge in [0.2, 0.25) is 0 Å². The third-order valence-corrected chi connectivity index (χ3v) is 6.31. The van der Waals surface area contributed by atoms with Gasteiger partial charge in [0.1, 0.15) is 0 Å². The highest BCUT2D eigenvalue weighted by atomic mass is 32.1. The number of anilines is 1. The number of amides is 1. The summed E-state index contributed by atoms with van der Waals surface area (Å²) in [6.45, 7) is 1.74. The molecule has 0 aliphatic carbocycles. The normalized spacial score (nSPS) is 15.2. The van der Waals surface area contributed by atoms with Gasteiger partial charge in [-0.1, -0.05) is 6.07 Å². The van der Waals surface area contributed by atoms with E-state index in [4.69, 9.17) is 0 Å². The Morgan fingerprint density at radius 3 is 2.85 bits per heavy atom. The van der Waals surface area contributed by atoms with Gasteiger partial charge in [0.25, 0.3) is 5.91 Å². The monoisotopic (exact) mass is 397 g/mol. The lowest BCUT2D eigenvalue weighted by atomic mass is 10.1. The number of fused-ring (bicyclic) bond motifs is 2. The molecule has 136 valence electrons. The Balaban J connectivity index is 1.57. The molecule has 0 spiro atoms. The molecule has 9 heteroatoms. The summed E-state index contributed by atoms with van der Waals surface area (Å²) in [6.07, 6.45) is -3.55. The van der Waals surface area contributed by atoms with Crippen LogP contribution in [0, 0.1) is 0 Å². The summed E-state index contributed by atoms with van der Waals surface area (Å²) < 4.78 is 38.9. The van der Waals surface area contributed by atoms with E-state index in [9.17, 15) is 18.0 Å². The van der Waals surface area contributed by atoms with Gasteiger partial charge in [-0.05, 0) is 30.6 Å². The second-order valence-corrected chi connectivity index (χ2v) is 8.36. The molecule has 1 aliphatic heterocycles. The molecule has 1 aliphatic rings. The van der Waals surface area contributed by atoms with E-state index in [-0.39, 0.29) is 5.91 Å². The molecule has 1 amide bonds. The maximum atomic E-state index is 12.8. The highest BCUT2D eigenvalue weighted by Gasteiger charge is 2.30. The Labute approximate surface area is 155 Å². The van der Waals surface area contributed by atoms with Crippen LogP contribution in [0.4, 0.5) is 18.3 Å². The van der Waals surface area contributed by atoms with Gasteiger partial charge in [0.15, 0.2) is 5.13 Å². The van der Waals surface area contributed by atoms with Crippen molar-refractivity contribution in [2.24, 2.45) is 0 Å². The average molecular weight is 397 g/mol. The summed E-state index contributed by atoms with van der Waals surface area (Å²) in [5, 5.41) is 3.92. The van der Waals surface area contributed by atoms with E-state index < -0.39 is 11.7 Å². The molecule has 0 saturated heterocycles. The number of thiazole rings is 1. The second-order valence-electron chi connectivity index (χ2n) is 6.19. The van der Waals surface area contributed by atoms with E-state index in [1.807, 2.05) is 7.05 Å².